The molecule has 0 fully saturated rings. The van der Waals surface area contributed by atoms with Gasteiger partial charge < -0.3 is 4.74 Å². The maximum Gasteiger partial charge on any atom is 0.135 e. The Morgan fingerprint density at radius 2 is 1.72 bits per heavy atom. The quantitative estimate of drug-likeness (QED) is 0.511. The summed E-state index contributed by atoms with van der Waals surface area (Å²) in [7, 11) is 0. The second kappa shape index (κ2) is 10.9. The van der Waals surface area contributed by atoms with Gasteiger partial charge in [-0.15, -0.1) is 0 Å². The van der Waals surface area contributed by atoms with Crippen molar-refractivity contribution in [2.24, 2.45) is 11.8 Å². The fourth-order valence-corrected chi connectivity index (χ4v) is 1.25. The summed E-state index contributed by atoms with van der Waals surface area (Å²) in [6, 6.07) is 0. The van der Waals surface area contributed by atoms with Gasteiger partial charge in [0.1, 0.15) is 12.4 Å². The molecule has 0 aromatic heterocycles. The van der Waals surface area contributed by atoms with E-state index >= 15 is 0 Å². The van der Waals surface area contributed by atoms with Crippen LogP contribution in [0.5, 0.6) is 0 Å². The lowest BCUT2D eigenvalue weighted by molar-refractivity contribution is -0.120. The van der Waals surface area contributed by atoms with Crippen LogP contribution in [0.15, 0.2) is 0 Å². The molecular formula is C16H24O2. The van der Waals surface area contributed by atoms with Crippen LogP contribution >= 0.6 is 0 Å². The molecule has 0 bridgehead atoms. The summed E-state index contributed by atoms with van der Waals surface area (Å²) in [5, 5.41) is 0. The van der Waals surface area contributed by atoms with E-state index in [1.807, 2.05) is 13.8 Å². The minimum atomic E-state index is 0.259. The van der Waals surface area contributed by atoms with Gasteiger partial charge in [-0.3, -0.25) is 4.79 Å². The van der Waals surface area contributed by atoms with E-state index in [-0.39, 0.29) is 5.78 Å². The number of rotatable bonds is 7. The normalized spacial score (nSPS) is 9.67. The second-order valence-corrected chi connectivity index (χ2v) is 5.14. The highest BCUT2D eigenvalue weighted by Gasteiger charge is 2.03. The summed E-state index contributed by atoms with van der Waals surface area (Å²) in [5.74, 6) is 12.6. The van der Waals surface area contributed by atoms with Crippen LogP contribution in [-0.4, -0.2) is 19.0 Å². The Kier molecular flexibility index (Phi) is 10.1. The van der Waals surface area contributed by atoms with Crippen LogP contribution in [0.25, 0.3) is 0 Å². The standard InChI is InChI=1S/C16H24O2/c1-14(2)9-7-5-6-8-11-18-12-10-16(17)13-15(3)4/h14-15H,9-13H2,1-4H3. The van der Waals surface area contributed by atoms with Gasteiger partial charge in [-0.1, -0.05) is 39.5 Å². The molecule has 0 amide bonds. The van der Waals surface area contributed by atoms with Crippen molar-refractivity contribution in [3.05, 3.63) is 0 Å². The molecule has 0 aliphatic carbocycles. The van der Waals surface area contributed by atoms with Gasteiger partial charge in [-0.25, -0.2) is 0 Å². The minimum absolute atomic E-state index is 0.259. The van der Waals surface area contributed by atoms with Crippen LogP contribution in [0.1, 0.15) is 47.0 Å². The second-order valence-electron chi connectivity index (χ2n) is 5.14. The summed E-state index contributed by atoms with van der Waals surface area (Å²) in [5.41, 5.74) is 0. The van der Waals surface area contributed by atoms with E-state index in [1.54, 1.807) is 0 Å². The Morgan fingerprint density at radius 1 is 1.06 bits per heavy atom. The summed E-state index contributed by atoms with van der Waals surface area (Å²) in [4.78, 5) is 11.4. The number of ketones is 1. The van der Waals surface area contributed by atoms with Crippen molar-refractivity contribution in [3.63, 3.8) is 0 Å². The lowest BCUT2D eigenvalue weighted by Gasteiger charge is -2.03. The zero-order valence-electron chi connectivity index (χ0n) is 12.0. The first-order valence-electron chi connectivity index (χ1n) is 6.57. The summed E-state index contributed by atoms with van der Waals surface area (Å²) >= 11 is 0. The van der Waals surface area contributed by atoms with E-state index in [0.717, 1.165) is 6.42 Å². The Bertz CT molecular complexity index is 345. The molecule has 0 aliphatic heterocycles. The van der Waals surface area contributed by atoms with E-state index in [4.69, 9.17) is 4.74 Å². The number of carbonyl (C=O) groups is 1. The van der Waals surface area contributed by atoms with Crippen LogP contribution in [-0.2, 0) is 9.53 Å². The third-order valence-electron chi connectivity index (χ3n) is 2.08. The van der Waals surface area contributed by atoms with Crippen molar-refractivity contribution < 1.29 is 9.53 Å². The molecule has 0 atom stereocenters. The van der Waals surface area contributed by atoms with Crippen molar-refractivity contribution >= 4 is 5.78 Å². The van der Waals surface area contributed by atoms with E-state index in [1.165, 1.54) is 0 Å². The Labute approximate surface area is 111 Å². The van der Waals surface area contributed by atoms with Crippen LogP contribution < -0.4 is 0 Å². The van der Waals surface area contributed by atoms with Crippen LogP contribution in [0.2, 0.25) is 0 Å². The average molecular weight is 248 g/mol. The topological polar surface area (TPSA) is 26.3 Å². The summed E-state index contributed by atoms with van der Waals surface area (Å²) in [6.45, 7) is 9.14. The average Bonchev–Trinajstić information content (AvgIpc) is 2.25. The molecule has 2 heteroatoms. The van der Waals surface area contributed by atoms with E-state index in [2.05, 4.69) is 37.5 Å². The predicted molar refractivity (Wildman–Crippen MR) is 74.9 cm³/mol. The van der Waals surface area contributed by atoms with Gasteiger partial charge >= 0.3 is 0 Å². The number of hydrogen-bond acceptors (Lipinski definition) is 2. The Morgan fingerprint density at radius 3 is 2.33 bits per heavy atom. The number of hydrogen-bond donors (Lipinski definition) is 0. The molecule has 0 aliphatic rings. The highest BCUT2D eigenvalue weighted by atomic mass is 16.5. The molecule has 100 valence electrons. The zero-order valence-corrected chi connectivity index (χ0v) is 12.0. The lowest BCUT2D eigenvalue weighted by atomic mass is 10.1. The highest BCUT2D eigenvalue weighted by molar-refractivity contribution is 5.78. The molecule has 2 nitrogen and oxygen atoms in total. The SMILES string of the molecule is CC(C)CC#CC#CCOCCC(=O)CC(C)C. The van der Waals surface area contributed by atoms with Gasteiger partial charge in [0.2, 0.25) is 0 Å². The molecular weight excluding hydrogens is 224 g/mol. The van der Waals surface area contributed by atoms with Crippen LogP contribution in [0, 0.1) is 35.5 Å². The van der Waals surface area contributed by atoms with Gasteiger partial charge in [-0.2, -0.15) is 0 Å². The summed E-state index contributed by atoms with van der Waals surface area (Å²) < 4.78 is 5.25. The van der Waals surface area contributed by atoms with E-state index in [0.29, 0.717) is 37.9 Å². The highest BCUT2D eigenvalue weighted by Crippen LogP contribution is 2.02. The zero-order chi connectivity index (χ0) is 13.8. The first kappa shape index (κ1) is 16.8. The molecule has 0 rings (SSSR count). The van der Waals surface area contributed by atoms with Gasteiger partial charge in [0, 0.05) is 19.3 Å². The van der Waals surface area contributed by atoms with Gasteiger partial charge in [0.25, 0.3) is 0 Å². The van der Waals surface area contributed by atoms with Crippen molar-refractivity contribution in [2.75, 3.05) is 13.2 Å². The van der Waals surface area contributed by atoms with Crippen LogP contribution in [0.3, 0.4) is 0 Å². The Balaban J connectivity index is 3.53. The fraction of sp³-hybridized carbons (Fsp3) is 0.688. The van der Waals surface area contributed by atoms with Crippen molar-refractivity contribution in [1.29, 1.82) is 0 Å². The summed E-state index contributed by atoms with van der Waals surface area (Å²) in [6.07, 6.45) is 1.99. The molecule has 18 heavy (non-hydrogen) atoms. The van der Waals surface area contributed by atoms with Gasteiger partial charge in [-0.05, 0) is 23.7 Å². The first-order valence-corrected chi connectivity index (χ1v) is 6.57. The number of Topliss-reactive ketones (excluding diaryl/α,β-unsaturated/α-hetero) is 1. The molecule has 0 heterocycles. The molecule has 0 radical (unpaired) electrons. The third kappa shape index (κ3) is 12.8. The largest absolute Gasteiger partial charge is 0.368 e. The molecule has 0 aromatic rings. The van der Waals surface area contributed by atoms with Crippen molar-refractivity contribution in [1.82, 2.24) is 0 Å². The molecule has 0 N–H and O–H groups in total. The predicted octanol–water partition coefficient (Wildman–Crippen LogP) is 3.06. The maximum atomic E-state index is 11.4. The van der Waals surface area contributed by atoms with E-state index in [9.17, 15) is 4.79 Å². The number of ether oxygens (including phenoxy) is 1. The van der Waals surface area contributed by atoms with E-state index < -0.39 is 0 Å². The molecule has 0 saturated heterocycles. The monoisotopic (exact) mass is 248 g/mol. The lowest BCUT2D eigenvalue weighted by Crippen LogP contribution is -2.07. The van der Waals surface area contributed by atoms with Gasteiger partial charge in [0.15, 0.2) is 0 Å². The molecule has 0 unspecified atom stereocenters. The molecule has 0 spiro atoms. The van der Waals surface area contributed by atoms with Gasteiger partial charge in [0.05, 0.1) is 6.61 Å². The number of carbonyl (C=O) groups excluding carboxylic acids is 1. The smallest absolute Gasteiger partial charge is 0.135 e. The molecule has 0 saturated carbocycles. The van der Waals surface area contributed by atoms with Crippen molar-refractivity contribution in [2.45, 2.75) is 47.0 Å². The third-order valence-corrected chi connectivity index (χ3v) is 2.08. The van der Waals surface area contributed by atoms with Crippen LogP contribution in [0.4, 0.5) is 0 Å². The maximum absolute atomic E-state index is 11.4. The fourth-order valence-electron chi connectivity index (χ4n) is 1.25. The minimum Gasteiger partial charge on any atom is -0.368 e. The van der Waals surface area contributed by atoms with Crippen molar-refractivity contribution in [3.8, 4) is 23.7 Å². The Hall–Kier alpha value is -1.25. The first-order chi connectivity index (χ1) is 8.52. The molecule has 0 aromatic carbocycles.